The van der Waals surface area contributed by atoms with Crippen LogP contribution in [0.5, 0.6) is 0 Å². The number of ketones is 1. The molecular weight excluding hydrogens is 466 g/mol. The first-order valence-corrected chi connectivity index (χ1v) is 12.5. The number of methoxy groups -OCH3 is 1. The molecule has 0 aromatic heterocycles. The highest BCUT2D eigenvalue weighted by Gasteiger charge is 2.33. The number of amides is 2. The Bertz CT molecular complexity index is 876. The number of carbonyl (C=O) groups excluding carboxylic acids is 4. The fourth-order valence-corrected chi connectivity index (χ4v) is 4.67. The molecule has 9 heteroatoms. The molecule has 0 radical (unpaired) electrons. The molecule has 0 aromatic rings. The Morgan fingerprint density at radius 1 is 1.19 bits per heavy atom. The van der Waals surface area contributed by atoms with E-state index in [1.807, 2.05) is 13.0 Å². The van der Waals surface area contributed by atoms with Gasteiger partial charge in [-0.1, -0.05) is 38.2 Å². The number of carbonyl (C=O) groups is 4. The fourth-order valence-electron chi connectivity index (χ4n) is 4.67. The Kier molecular flexibility index (Phi) is 11.7. The van der Waals surface area contributed by atoms with E-state index < -0.39 is 36.3 Å². The Hall–Kier alpha value is -2.62. The van der Waals surface area contributed by atoms with Gasteiger partial charge in [0.15, 0.2) is 0 Å². The molecule has 1 unspecified atom stereocenters. The molecule has 1 fully saturated rings. The lowest BCUT2D eigenvalue weighted by atomic mass is 9.85. The second kappa shape index (κ2) is 14.2. The molecule has 2 rings (SSSR count). The number of piperidine rings is 1. The first kappa shape index (κ1) is 29.6. The van der Waals surface area contributed by atoms with Crippen molar-refractivity contribution in [2.45, 2.75) is 83.7 Å². The van der Waals surface area contributed by atoms with Crippen LogP contribution in [0.25, 0.3) is 0 Å². The first-order chi connectivity index (χ1) is 17.0. The van der Waals surface area contributed by atoms with Crippen molar-refractivity contribution in [2.75, 3.05) is 7.11 Å². The van der Waals surface area contributed by atoms with E-state index in [0.29, 0.717) is 18.4 Å². The monoisotopic (exact) mass is 505 g/mol. The van der Waals surface area contributed by atoms with E-state index >= 15 is 0 Å². The van der Waals surface area contributed by atoms with Gasteiger partial charge >= 0.3 is 5.97 Å². The molecule has 2 heterocycles. The normalized spacial score (nSPS) is 31.7. The van der Waals surface area contributed by atoms with E-state index in [1.54, 1.807) is 32.1 Å². The third kappa shape index (κ3) is 9.11. The molecule has 2 amide bonds. The fraction of sp³-hybridized carbons (Fsp3) is 0.630. The summed E-state index contributed by atoms with van der Waals surface area (Å²) in [6.45, 7) is 5.19. The molecule has 0 bridgehead atoms. The Labute approximate surface area is 212 Å². The maximum Gasteiger partial charge on any atom is 0.331 e. The minimum atomic E-state index is -1.03. The molecule has 0 aromatic carbocycles. The highest BCUT2D eigenvalue weighted by Crippen LogP contribution is 2.26. The van der Waals surface area contributed by atoms with E-state index in [2.05, 4.69) is 5.32 Å². The van der Waals surface area contributed by atoms with Gasteiger partial charge in [0, 0.05) is 38.4 Å². The van der Waals surface area contributed by atoms with E-state index in [1.165, 1.54) is 13.2 Å². The van der Waals surface area contributed by atoms with E-state index in [9.17, 15) is 29.4 Å². The third-order valence-electron chi connectivity index (χ3n) is 6.68. The predicted octanol–water partition coefficient (Wildman–Crippen LogP) is 2.16. The molecule has 6 atom stereocenters. The van der Waals surface area contributed by atoms with Gasteiger partial charge in [0.2, 0.25) is 11.8 Å². The summed E-state index contributed by atoms with van der Waals surface area (Å²) in [7, 11) is 1.52. The summed E-state index contributed by atoms with van der Waals surface area (Å²) in [4.78, 5) is 48.7. The molecule has 200 valence electrons. The molecule has 9 nitrogen and oxygen atoms in total. The minimum absolute atomic E-state index is 0.124. The number of rotatable bonds is 7. The third-order valence-corrected chi connectivity index (χ3v) is 6.68. The number of Topliss-reactive ketones (excluding diaryl/α,β-unsaturated/α-hetero) is 1. The van der Waals surface area contributed by atoms with Crippen molar-refractivity contribution >= 4 is 23.6 Å². The summed E-state index contributed by atoms with van der Waals surface area (Å²) >= 11 is 0. The number of hydrogen-bond donors (Lipinski definition) is 3. The van der Waals surface area contributed by atoms with Crippen LogP contribution >= 0.6 is 0 Å². The summed E-state index contributed by atoms with van der Waals surface area (Å²) in [5, 5.41) is 23.5. The molecule has 0 saturated carbocycles. The van der Waals surface area contributed by atoms with Gasteiger partial charge in [-0.3, -0.25) is 19.7 Å². The van der Waals surface area contributed by atoms with Gasteiger partial charge in [0.1, 0.15) is 18.0 Å². The standard InChI is InChI=1S/C27H39NO8/c1-16-11-17(2)27(36-25(33)10-8-6-5-7-9-22(35-4)26(16)34)18(3)21(30)15-20(29)12-19-13-23(31)28-24(32)14-19/h7-11,16,18-20,22,26-27,29,34H,5-6,12-15H2,1-4H3,(H,28,31,32)/b9-7+,10-8+,17-11-/t16-,18-,20-,22+,26+,27?/m1/s1. The zero-order chi connectivity index (χ0) is 26.8. The lowest BCUT2D eigenvalue weighted by Gasteiger charge is -2.28. The van der Waals surface area contributed by atoms with Crippen LogP contribution in [0, 0.1) is 17.8 Å². The lowest BCUT2D eigenvalue weighted by Crippen LogP contribution is -2.40. The van der Waals surface area contributed by atoms with Crippen molar-refractivity contribution in [3.05, 3.63) is 36.0 Å². The summed E-state index contributed by atoms with van der Waals surface area (Å²) in [5.41, 5.74) is 0.601. The zero-order valence-electron chi connectivity index (χ0n) is 21.5. The smallest absolute Gasteiger partial charge is 0.331 e. The van der Waals surface area contributed by atoms with Gasteiger partial charge < -0.3 is 19.7 Å². The first-order valence-electron chi connectivity index (χ1n) is 12.5. The number of ether oxygens (including phenoxy) is 2. The number of esters is 1. The number of aliphatic hydroxyl groups excluding tert-OH is 2. The molecule has 3 N–H and O–H groups in total. The van der Waals surface area contributed by atoms with Crippen LogP contribution in [0.4, 0.5) is 0 Å². The highest BCUT2D eigenvalue weighted by atomic mass is 16.5. The summed E-state index contributed by atoms with van der Waals surface area (Å²) < 4.78 is 11.1. The number of allylic oxidation sites excluding steroid dienone is 2. The number of cyclic esters (lactones) is 1. The quantitative estimate of drug-likeness (QED) is 0.272. The number of nitrogens with one attached hydrogen (secondary N) is 1. The van der Waals surface area contributed by atoms with Gasteiger partial charge in [-0.05, 0) is 37.7 Å². The van der Waals surface area contributed by atoms with Crippen LogP contribution in [0.1, 0.15) is 59.3 Å². The molecule has 1 saturated heterocycles. The van der Waals surface area contributed by atoms with Crippen LogP contribution < -0.4 is 5.32 Å². The molecule has 0 aliphatic carbocycles. The second-order valence-electron chi connectivity index (χ2n) is 9.82. The molecule has 2 aliphatic heterocycles. The van der Waals surface area contributed by atoms with Gasteiger partial charge in [-0.15, -0.1) is 0 Å². The maximum absolute atomic E-state index is 13.1. The van der Waals surface area contributed by atoms with Gasteiger partial charge in [0.05, 0.1) is 18.1 Å². The molecule has 36 heavy (non-hydrogen) atoms. The molecule has 2 aliphatic rings. The van der Waals surface area contributed by atoms with E-state index in [-0.39, 0.29) is 55.1 Å². The molecular formula is C27H39NO8. The van der Waals surface area contributed by atoms with Crippen LogP contribution in [-0.4, -0.2) is 65.3 Å². The Morgan fingerprint density at radius 3 is 2.47 bits per heavy atom. The SMILES string of the molecule is CO[C@H]1/C=C/CC/C=C/C(=O)OC([C@H](C)C(=O)C[C@H](O)CC2CC(=O)NC(=O)C2)/C(C)=C\[C@@H](C)[C@@H]1O. The van der Waals surface area contributed by atoms with Crippen LogP contribution in [-0.2, 0) is 28.7 Å². The predicted molar refractivity (Wildman–Crippen MR) is 132 cm³/mol. The van der Waals surface area contributed by atoms with Crippen molar-refractivity contribution in [3.8, 4) is 0 Å². The second-order valence-corrected chi connectivity index (χ2v) is 9.82. The van der Waals surface area contributed by atoms with Crippen molar-refractivity contribution in [1.29, 1.82) is 0 Å². The summed E-state index contributed by atoms with van der Waals surface area (Å²) in [5.74, 6) is -3.10. The maximum atomic E-state index is 13.1. The Balaban J connectivity index is 2.17. The van der Waals surface area contributed by atoms with Crippen molar-refractivity contribution in [3.63, 3.8) is 0 Å². The Morgan fingerprint density at radius 2 is 1.83 bits per heavy atom. The zero-order valence-corrected chi connectivity index (χ0v) is 21.5. The van der Waals surface area contributed by atoms with Crippen molar-refractivity contribution in [1.82, 2.24) is 5.32 Å². The minimum Gasteiger partial charge on any atom is -0.454 e. The summed E-state index contributed by atoms with van der Waals surface area (Å²) in [6, 6.07) is 0. The van der Waals surface area contributed by atoms with Crippen LogP contribution in [0.3, 0.4) is 0 Å². The van der Waals surface area contributed by atoms with Crippen LogP contribution in [0.15, 0.2) is 36.0 Å². The number of aliphatic hydroxyl groups is 2. The average molecular weight is 506 g/mol. The lowest BCUT2D eigenvalue weighted by molar-refractivity contribution is -0.145. The van der Waals surface area contributed by atoms with Gasteiger partial charge in [0.25, 0.3) is 0 Å². The van der Waals surface area contributed by atoms with Crippen molar-refractivity contribution < 1.29 is 38.9 Å². The largest absolute Gasteiger partial charge is 0.454 e. The number of hydrogen-bond acceptors (Lipinski definition) is 8. The van der Waals surface area contributed by atoms with Gasteiger partial charge in [-0.25, -0.2) is 4.79 Å². The molecule has 0 spiro atoms. The number of imide groups is 1. The van der Waals surface area contributed by atoms with Crippen molar-refractivity contribution in [2.24, 2.45) is 17.8 Å². The highest BCUT2D eigenvalue weighted by molar-refractivity contribution is 5.97. The van der Waals surface area contributed by atoms with E-state index in [0.717, 1.165) is 0 Å². The average Bonchev–Trinajstić information content (AvgIpc) is 2.79. The van der Waals surface area contributed by atoms with E-state index in [4.69, 9.17) is 9.47 Å². The van der Waals surface area contributed by atoms with Gasteiger partial charge in [-0.2, -0.15) is 0 Å². The topological polar surface area (TPSA) is 139 Å². The summed E-state index contributed by atoms with van der Waals surface area (Å²) in [6.07, 6.45) is 6.66. The van der Waals surface area contributed by atoms with Crippen LogP contribution in [0.2, 0.25) is 0 Å².